The van der Waals surface area contributed by atoms with Crippen LogP contribution >= 0.6 is 0 Å². The summed E-state index contributed by atoms with van der Waals surface area (Å²) >= 11 is 0. The molecule has 2 fully saturated rings. The van der Waals surface area contributed by atoms with Gasteiger partial charge in [-0.05, 0) is 36.3 Å². The topological polar surface area (TPSA) is 42.4 Å². The van der Waals surface area contributed by atoms with Gasteiger partial charge in [0.25, 0.3) is 0 Å². The third-order valence-corrected chi connectivity index (χ3v) is 5.31. The summed E-state index contributed by atoms with van der Waals surface area (Å²) in [6, 6.07) is 3.96. The molecule has 22 heavy (non-hydrogen) atoms. The van der Waals surface area contributed by atoms with Crippen molar-refractivity contribution in [1.29, 1.82) is 0 Å². The Morgan fingerprint density at radius 1 is 1.41 bits per heavy atom. The van der Waals surface area contributed by atoms with Gasteiger partial charge < -0.3 is 9.64 Å². The molecule has 3 rings (SSSR count). The van der Waals surface area contributed by atoms with Crippen LogP contribution in [0.3, 0.4) is 0 Å². The molecule has 0 saturated heterocycles. The molecule has 120 valence electrons. The maximum Gasteiger partial charge on any atom is 0.226 e. The molecule has 2 aliphatic carbocycles. The summed E-state index contributed by atoms with van der Waals surface area (Å²) in [5.41, 5.74) is 1.43. The van der Waals surface area contributed by atoms with E-state index in [0.717, 1.165) is 12.0 Å². The van der Waals surface area contributed by atoms with Crippen LogP contribution < -0.4 is 0 Å². The molecular weight excluding hydrogens is 276 g/mol. The van der Waals surface area contributed by atoms with Crippen LogP contribution in [0.5, 0.6) is 0 Å². The van der Waals surface area contributed by atoms with Crippen LogP contribution in [0.2, 0.25) is 0 Å². The lowest BCUT2D eigenvalue weighted by molar-refractivity contribution is -0.135. The molecule has 4 heteroatoms. The molecule has 4 nitrogen and oxygen atoms in total. The van der Waals surface area contributed by atoms with Gasteiger partial charge >= 0.3 is 0 Å². The van der Waals surface area contributed by atoms with Crippen molar-refractivity contribution in [1.82, 2.24) is 9.88 Å². The standard InChI is InChI=1S/C18H26N2O2/c1-22-11-10-20(14-15-6-5-9-19-13-15)17(21)16-12-18(16)7-3-2-4-8-18/h5-6,9,13,16H,2-4,7-8,10-12,14H2,1H3/t16-/m1/s1. The lowest BCUT2D eigenvalue weighted by Gasteiger charge is -2.26. The van der Waals surface area contributed by atoms with Gasteiger partial charge in [-0.15, -0.1) is 0 Å². The Bertz CT molecular complexity index is 497. The molecule has 1 aromatic rings. The summed E-state index contributed by atoms with van der Waals surface area (Å²) in [7, 11) is 1.69. The SMILES string of the molecule is COCCN(Cc1cccnc1)C(=O)[C@H]1CC12CCCCC2. The predicted octanol–water partition coefficient (Wildman–Crippen LogP) is 3.03. The molecule has 0 radical (unpaired) electrons. The van der Waals surface area contributed by atoms with E-state index >= 15 is 0 Å². The molecule has 0 aliphatic heterocycles. The van der Waals surface area contributed by atoms with Crippen molar-refractivity contribution in [3.63, 3.8) is 0 Å². The van der Waals surface area contributed by atoms with Crippen molar-refractivity contribution in [3.05, 3.63) is 30.1 Å². The molecule has 1 atom stereocenters. The second-order valence-electron chi connectivity index (χ2n) is 6.79. The first-order chi connectivity index (χ1) is 10.7. The Morgan fingerprint density at radius 3 is 2.91 bits per heavy atom. The minimum Gasteiger partial charge on any atom is -0.383 e. The first-order valence-electron chi connectivity index (χ1n) is 8.42. The van der Waals surface area contributed by atoms with E-state index in [0.29, 0.717) is 31.0 Å². The molecule has 1 heterocycles. The van der Waals surface area contributed by atoms with Crippen molar-refractivity contribution in [2.45, 2.75) is 45.1 Å². The lowest BCUT2D eigenvalue weighted by atomic mass is 9.84. The van der Waals surface area contributed by atoms with Gasteiger partial charge in [0, 0.05) is 38.5 Å². The van der Waals surface area contributed by atoms with Gasteiger partial charge in [0.15, 0.2) is 0 Å². The van der Waals surface area contributed by atoms with Crippen molar-refractivity contribution >= 4 is 5.91 Å². The van der Waals surface area contributed by atoms with Gasteiger partial charge in [-0.2, -0.15) is 0 Å². The molecule has 1 spiro atoms. The normalized spacial score (nSPS) is 22.5. The number of methoxy groups -OCH3 is 1. The number of amides is 1. The first-order valence-corrected chi connectivity index (χ1v) is 8.42. The maximum absolute atomic E-state index is 12.9. The van der Waals surface area contributed by atoms with Crippen molar-refractivity contribution in [3.8, 4) is 0 Å². The molecule has 1 aromatic heterocycles. The smallest absolute Gasteiger partial charge is 0.226 e. The Hall–Kier alpha value is -1.42. The summed E-state index contributed by atoms with van der Waals surface area (Å²) in [6.07, 6.45) is 11.1. The van der Waals surface area contributed by atoms with E-state index in [1.807, 2.05) is 23.2 Å². The zero-order valence-corrected chi connectivity index (χ0v) is 13.5. The van der Waals surface area contributed by atoms with E-state index < -0.39 is 0 Å². The molecule has 2 aliphatic rings. The van der Waals surface area contributed by atoms with Crippen molar-refractivity contribution in [2.75, 3.05) is 20.3 Å². The fourth-order valence-corrected chi connectivity index (χ4v) is 3.91. The number of carbonyl (C=O) groups excluding carboxylic acids is 1. The van der Waals surface area contributed by atoms with E-state index in [2.05, 4.69) is 4.98 Å². The fourth-order valence-electron chi connectivity index (χ4n) is 3.91. The highest BCUT2D eigenvalue weighted by Gasteiger charge is 2.58. The highest BCUT2D eigenvalue weighted by molar-refractivity contribution is 5.82. The highest BCUT2D eigenvalue weighted by Crippen LogP contribution is 2.61. The monoisotopic (exact) mass is 302 g/mol. The second kappa shape index (κ2) is 6.78. The lowest BCUT2D eigenvalue weighted by Crippen LogP contribution is -2.36. The number of carbonyl (C=O) groups is 1. The number of ether oxygens (including phenoxy) is 1. The van der Waals surface area contributed by atoms with Crippen LogP contribution in [-0.2, 0) is 16.1 Å². The summed E-state index contributed by atoms with van der Waals surface area (Å²) in [5, 5.41) is 0. The van der Waals surface area contributed by atoms with Crippen LogP contribution in [-0.4, -0.2) is 36.1 Å². The van der Waals surface area contributed by atoms with Crippen LogP contribution in [0.25, 0.3) is 0 Å². The molecule has 2 saturated carbocycles. The zero-order chi connectivity index (χ0) is 15.4. The summed E-state index contributed by atoms with van der Waals surface area (Å²) in [6.45, 7) is 1.89. The maximum atomic E-state index is 12.9. The molecule has 0 aromatic carbocycles. The van der Waals surface area contributed by atoms with Gasteiger partial charge in [0.1, 0.15) is 0 Å². The number of pyridine rings is 1. The Kier molecular flexibility index (Phi) is 4.77. The average Bonchev–Trinajstić information content (AvgIpc) is 3.25. The van der Waals surface area contributed by atoms with Gasteiger partial charge in [-0.1, -0.05) is 25.3 Å². The number of aromatic nitrogens is 1. The van der Waals surface area contributed by atoms with Crippen LogP contribution in [0.15, 0.2) is 24.5 Å². The quantitative estimate of drug-likeness (QED) is 0.811. The number of nitrogens with zero attached hydrogens (tertiary/aromatic N) is 2. The van der Waals surface area contributed by atoms with Gasteiger partial charge in [-0.25, -0.2) is 0 Å². The number of hydrogen-bond acceptors (Lipinski definition) is 3. The molecule has 1 amide bonds. The molecule has 0 bridgehead atoms. The van der Waals surface area contributed by atoms with Gasteiger partial charge in [0.2, 0.25) is 5.91 Å². The van der Waals surface area contributed by atoms with Crippen molar-refractivity contribution < 1.29 is 9.53 Å². The second-order valence-corrected chi connectivity index (χ2v) is 6.79. The first kappa shape index (κ1) is 15.5. The minimum atomic E-state index is 0.251. The van der Waals surface area contributed by atoms with Gasteiger partial charge in [-0.3, -0.25) is 9.78 Å². The minimum absolute atomic E-state index is 0.251. The van der Waals surface area contributed by atoms with E-state index in [1.54, 1.807) is 13.3 Å². The zero-order valence-electron chi connectivity index (χ0n) is 13.5. The largest absolute Gasteiger partial charge is 0.383 e. The van der Waals surface area contributed by atoms with E-state index in [1.165, 1.54) is 32.1 Å². The molecular formula is C18H26N2O2. The van der Waals surface area contributed by atoms with Crippen molar-refractivity contribution in [2.24, 2.45) is 11.3 Å². The third kappa shape index (κ3) is 3.32. The fraction of sp³-hybridized carbons (Fsp3) is 0.667. The van der Waals surface area contributed by atoms with E-state index in [9.17, 15) is 4.79 Å². The summed E-state index contributed by atoms with van der Waals surface area (Å²) < 4.78 is 5.19. The summed E-state index contributed by atoms with van der Waals surface area (Å²) in [4.78, 5) is 19.1. The average molecular weight is 302 g/mol. The van der Waals surface area contributed by atoms with Crippen LogP contribution in [0, 0.1) is 11.3 Å². The third-order valence-electron chi connectivity index (χ3n) is 5.31. The van der Waals surface area contributed by atoms with Gasteiger partial charge in [0.05, 0.1) is 6.61 Å². The predicted molar refractivity (Wildman–Crippen MR) is 85.2 cm³/mol. The number of rotatable bonds is 6. The Labute approximate surface area is 132 Å². The van der Waals surface area contributed by atoms with E-state index in [-0.39, 0.29) is 5.92 Å². The van der Waals surface area contributed by atoms with Crippen LogP contribution in [0.1, 0.15) is 44.1 Å². The highest BCUT2D eigenvalue weighted by atomic mass is 16.5. The molecule has 0 N–H and O–H groups in total. The Morgan fingerprint density at radius 2 is 2.23 bits per heavy atom. The summed E-state index contributed by atoms with van der Waals surface area (Å²) in [5.74, 6) is 0.573. The Balaban J connectivity index is 1.65. The molecule has 0 unspecified atom stereocenters. The number of hydrogen-bond donors (Lipinski definition) is 0. The van der Waals surface area contributed by atoms with Crippen LogP contribution in [0.4, 0.5) is 0 Å². The van der Waals surface area contributed by atoms with E-state index in [4.69, 9.17) is 4.74 Å².